The SMILES string of the molecule is CC(Cl)c1nc2cc(F)c(Br)cc2n1C(C)C(N)=O. The zero-order chi connectivity index (χ0) is 14.3. The number of rotatable bonds is 3. The minimum Gasteiger partial charge on any atom is -0.368 e. The van der Waals surface area contributed by atoms with Gasteiger partial charge in [0.2, 0.25) is 5.91 Å². The third-order valence-electron chi connectivity index (χ3n) is 2.91. The van der Waals surface area contributed by atoms with Crippen molar-refractivity contribution in [2.45, 2.75) is 25.3 Å². The molecule has 1 aromatic heterocycles. The van der Waals surface area contributed by atoms with E-state index in [4.69, 9.17) is 17.3 Å². The summed E-state index contributed by atoms with van der Waals surface area (Å²) in [6.45, 7) is 3.39. The van der Waals surface area contributed by atoms with Gasteiger partial charge in [-0.25, -0.2) is 9.37 Å². The number of nitrogens with two attached hydrogens (primary N) is 1. The number of carbonyl (C=O) groups is 1. The summed E-state index contributed by atoms with van der Waals surface area (Å²) >= 11 is 9.18. The minimum absolute atomic E-state index is 0.298. The predicted molar refractivity (Wildman–Crippen MR) is 75.6 cm³/mol. The maximum Gasteiger partial charge on any atom is 0.240 e. The number of aromatic nitrogens is 2. The van der Waals surface area contributed by atoms with Crippen molar-refractivity contribution in [1.29, 1.82) is 0 Å². The van der Waals surface area contributed by atoms with Crippen LogP contribution in [0.2, 0.25) is 0 Å². The van der Waals surface area contributed by atoms with Crippen LogP contribution in [0.4, 0.5) is 4.39 Å². The Morgan fingerprint density at radius 1 is 1.53 bits per heavy atom. The second kappa shape index (κ2) is 5.09. The Balaban J connectivity index is 2.80. The Morgan fingerprint density at radius 2 is 2.16 bits per heavy atom. The Labute approximate surface area is 122 Å². The molecule has 0 aliphatic rings. The zero-order valence-corrected chi connectivity index (χ0v) is 12.7. The van der Waals surface area contributed by atoms with Crippen molar-refractivity contribution in [2.24, 2.45) is 5.73 Å². The van der Waals surface area contributed by atoms with Gasteiger partial charge in [-0.2, -0.15) is 0 Å². The third-order valence-corrected chi connectivity index (χ3v) is 3.72. The van der Waals surface area contributed by atoms with Crippen LogP contribution in [-0.4, -0.2) is 15.5 Å². The summed E-state index contributed by atoms with van der Waals surface area (Å²) in [4.78, 5) is 15.7. The topological polar surface area (TPSA) is 60.9 Å². The number of imidazole rings is 1. The first kappa shape index (κ1) is 14.3. The van der Waals surface area contributed by atoms with Crippen molar-refractivity contribution in [3.8, 4) is 0 Å². The van der Waals surface area contributed by atoms with Gasteiger partial charge in [0.05, 0.1) is 20.9 Å². The summed E-state index contributed by atoms with van der Waals surface area (Å²) in [7, 11) is 0. The van der Waals surface area contributed by atoms with Gasteiger partial charge in [-0.3, -0.25) is 4.79 Å². The van der Waals surface area contributed by atoms with Crippen molar-refractivity contribution < 1.29 is 9.18 Å². The fraction of sp³-hybridized carbons (Fsp3) is 0.333. The molecule has 1 amide bonds. The van der Waals surface area contributed by atoms with Crippen molar-refractivity contribution in [1.82, 2.24) is 9.55 Å². The molecule has 102 valence electrons. The highest BCUT2D eigenvalue weighted by Crippen LogP contribution is 2.30. The highest BCUT2D eigenvalue weighted by atomic mass is 79.9. The zero-order valence-electron chi connectivity index (χ0n) is 10.3. The number of hydrogen-bond donors (Lipinski definition) is 1. The number of primary amides is 1. The van der Waals surface area contributed by atoms with Crippen LogP contribution in [0.15, 0.2) is 16.6 Å². The first-order valence-corrected chi connectivity index (χ1v) is 6.86. The molecule has 19 heavy (non-hydrogen) atoms. The molecule has 0 saturated heterocycles. The molecule has 0 bridgehead atoms. The van der Waals surface area contributed by atoms with Crippen molar-refractivity contribution >= 4 is 44.5 Å². The molecule has 2 rings (SSSR count). The summed E-state index contributed by atoms with van der Waals surface area (Å²) in [5.74, 6) is -0.434. The van der Waals surface area contributed by atoms with Crippen LogP contribution in [0.3, 0.4) is 0 Å². The molecule has 0 aliphatic carbocycles. The van der Waals surface area contributed by atoms with E-state index in [2.05, 4.69) is 20.9 Å². The Kier molecular flexibility index (Phi) is 3.82. The molecular weight excluding hydrogens is 337 g/mol. The van der Waals surface area contributed by atoms with Crippen LogP contribution < -0.4 is 5.73 Å². The van der Waals surface area contributed by atoms with E-state index in [0.717, 1.165) is 0 Å². The number of amides is 1. The third kappa shape index (κ3) is 2.47. The lowest BCUT2D eigenvalue weighted by molar-refractivity contribution is -0.120. The normalized spacial score (nSPS) is 14.6. The lowest BCUT2D eigenvalue weighted by atomic mass is 10.2. The molecule has 2 unspecified atom stereocenters. The van der Waals surface area contributed by atoms with Gasteiger partial charge in [0.1, 0.15) is 17.7 Å². The van der Waals surface area contributed by atoms with Crippen LogP contribution >= 0.6 is 27.5 Å². The van der Waals surface area contributed by atoms with Gasteiger partial charge < -0.3 is 10.3 Å². The molecule has 0 radical (unpaired) electrons. The monoisotopic (exact) mass is 347 g/mol. The van der Waals surface area contributed by atoms with Crippen LogP contribution in [0.1, 0.15) is 31.1 Å². The highest BCUT2D eigenvalue weighted by molar-refractivity contribution is 9.10. The highest BCUT2D eigenvalue weighted by Gasteiger charge is 2.23. The number of carbonyl (C=O) groups excluding carboxylic acids is 1. The summed E-state index contributed by atoms with van der Waals surface area (Å²) in [5, 5.41) is -0.420. The molecule has 2 aromatic rings. The smallest absolute Gasteiger partial charge is 0.240 e. The lowest BCUT2D eigenvalue weighted by Gasteiger charge is -2.15. The summed E-state index contributed by atoms with van der Waals surface area (Å²) < 4.78 is 15.5. The number of halogens is 3. The molecule has 4 nitrogen and oxygen atoms in total. The number of hydrogen-bond acceptors (Lipinski definition) is 2. The average molecular weight is 349 g/mol. The van der Waals surface area contributed by atoms with E-state index in [1.54, 1.807) is 24.5 Å². The second-order valence-corrected chi connectivity index (χ2v) is 5.80. The van der Waals surface area contributed by atoms with Crippen molar-refractivity contribution in [3.05, 3.63) is 28.2 Å². The van der Waals surface area contributed by atoms with Gasteiger partial charge in [0, 0.05) is 6.07 Å². The standard InChI is InChI=1S/C12H12BrClFN3O/c1-5(14)12-17-9-4-8(15)7(13)3-10(9)18(12)6(2)11(16)19/h3-6H,1-2H3,(H2,16,19). The number of nitrogens with zero attached hydrogens (tertiary/aromatic N) is 2. The molecule has 0 saturated carbocycles. The molecule has 0 spiro atoms. The Bertz CT molecular complexity index is 656. The van der Waals surface area contributed by atoms with E-state index in [-0.39, 0.29) is 0 Å². The summed E-state index contributed by atoms with van der Waals surface area (Å²) in [6, 6.07) is 2.25. The Morgan fingerprint density at radius 3 is 2.68 bits per heavy atom. The summed E-state index contributed by atoms with van der Waals surface area (Å²) in [5.41, 5.74) is 6.39. The molecule has 2 atom stereocenters. The van der Waals surface area contributed by atoms with E-state index in [1.807, 2.05) is 0 Å². The van der Waals surface area contributed by atoms with Gasteiger partial charge in [0.25, 0.3) is 0 Å². The molecular formula is C12H12BrClFN3O. The van der Waals surface area contributed by atoms with Gasteiger partial charge in [-0.05, 0) is 35.8 Å². The van der Waals surface area contributed by atoms with Crippen LogP contribution in [0.5, 0.6) is 0 Å². The molecule has 1 aromatic carbocycles. The van der Waals surface area contributed by atoms with Gasteiger partial charge >= 0.3 is 0 Å². The van der Waals surface area contributed by atoms with Crippen LogP contribution in [-0.2, 0) is 4.79 Å². The maximum absolute atomic E-state index is 13.5. The van der Waals surface area contributed by atoms with E-state index in [9.17, 15) is 9.18 Å². The Hall–Kier alpha value is -1.14. The van der Waals surface area contributed by atoms with E-state index >= 15 is 0 Å². The molecule has 1 heterocycles. The first-order valence-electron chi connectivity index (χ1n) is 5.63. The van der Waals surface area contributed by atoms with Crippen LogP contribution in [0, 0.1) is 5.82 Å². The number of fused-ring (bicyclic) bond motifs is 1. The van der Waals surface area contributed by atoms with Crippen molar-refractivity contribution in [3.63, 3.8) is 0 Å². The largest absolute Gasteiger partial charge is 0.368 e. The van der Waals surface area contributed by atoms with E-state index in [1.165, 1.54) is 6.07 Å². The number of alkyl halides is 1. The summed E-state index contributed by atoms with van der Waals surface area (Å²) in [6.07, 6.45) is 0. The maximum atomic E-state index is 13.5. The van der Waals surface area contributed by atoms with Gasteiger partial charge in [0.15, 0.2) is 0 Å². The fourth-order valence-corrected chi connectivity index (χ4v) is 2.41. The van der Waals surface area contributed by atoms with Crippen molar-refractivity contribution in [2.75, 3.05) is 0 Å². The molecule has 2 N–H and O–H groups in total. The van der Waals surface area contributed by atoms with Gasteiger partial charge in [-0.15, -0.1) is 11.6 Å². The fourth-order valence-electron chi connectivity index (χ4n) is 1.92. The van der Waals surface area contributed by atoms with Gasteiger partial charge in [-0.1, -0.05) is 0 Å². The first-order chi connectivity index (χ1) is 8.82. The number of benzene rings is 1. The van der Waals surface area contributed by atoms with E-state index in [0.29, 0.717) is 21.3 Å². The van der Waals surface area contributed by atoms with Crippen LogP contribution in [0.25, 0.3) is 11.0 Å². The minimum atomic E-state index is -0.612. The molecule has 7 heteroatoms. The quantitative estimate of drug-likeness (QED) is 0.865. The lowest BCUT2D eigenvalue weighted by Crippen LogP contribution is -2.25. The average Bonchev–Trinajstić information content (AvgIpc) is 2.67. The van der Waals surface area contributed by atoms with E-state index < -0.39 is 23.1 Å². The predicted octanol–water partition coefficient (Wildman–Crippen LogP) is 3.28. The molecule has 0 fully saturated rings. The second-order valence-electron chi connectivity index (χ2n) is 4.29. The molecule has 0 aliphatic heterocycles.